The summed E-state index contributed by atoms with van der Waals surface area (Å²) in [6, 6.07) is 8.63. The zero-order chi connectivity index (χ0) is 12.4. The lowest BCUT2D eigenvalue weighted by atomic mass is 10.1. The molecule has 5 heteroatoms. The summed E-state index contributed by atoms with van der Waals surface area (Å²) in [5.74, 6) is 0.199. The molecule has 104 valence electrons. The van der Waals surface area contributed by atoms with Gasteiger partial charge in [0.25, 0.3) is 0 Å². The highest BCUT2D eigenvalue weighted by molar-refractivity contribution is 8.01. The zero-order valence-corrected chi connectivity index (χ0v) is 12.4. The standard InChI is InChI=1S/C14H18N2OS.ClH/c17-14(16-11-5-3-7-15-9-11)13-8-10-4-1-2-6-12(10)18-13;/h1-2,4,6,11,13,15H,3,5,7-9H2,(H,16,17);1H/t11-,13?;/m1./s1. The number of thioether (sulfide) groups is 1. The first kappa shape index (κ1) is 14.7. The lowest BCUT2D eigenvalue weighted by Crippen LogP contribution is -2.48. The molecule has 1 aromatic carbocycles. The molecule has 2 heterocycles. The number of benzene rings is 1. The van der Waals surface area contributed by atoms with Crippen LogP contribution in [0.5, 0.6) is 0 Å². The highest BCUT2D eigenvalue weighted by Gasteiger charge is 2.29. The van der Waals surface area contributed by atoms with Crippen molar-refractivity contribution in [1.29, 1.82) is 0 Å². The van der Waals surface area contributed by atoms with E-state index < -0.39 is 0 Å². The average molecular weight is 299 g/mol. The molecule has 1 amide bonds. The number of carbonyl (C=O) groups excluding carboxylic acids is 1. The van der Waals surface area contributed by atoms with Crippen molar-refractivity contribution >= 4 is 30.1 Å². The number of hydrogen-bond acceptors (Lipinski definition) is 3. The van der Waals surface area contributed by atoms with Gasteiger partial charge in [0.1, 0.15) is 0 Å². The van der Waals surface area contributed by atoms with Gasteiger partial charge < -0.3 is 10.6 Å². The molecule has 1 saturated heterocycles. The summed E-state index contributed by atoms with van der Waals surface area (Å²) < 4.78 is 0. The molecule has 0 spiro atoms. The highest BCUT2D eigenvalue weighted by Crippen LogP contribution is 2.36. The molecule has 2 aliphatic heterocycles. The van der Waals surface area contributed by atoms with Gasteiger partial charge in [-0.1, -0.05) is 18.2 Å². The van der Waals surface area contributed by atoms with Gasteiger partial charge in [-0.3, -0.25) is 4.79 Å². The monoisotopic (exact) mass is 298 g/mol. The van der Waals surface area contributed by atoms with Crippen molar-refractivity contribution in [3.8, 4) is 0 Å². The van der Waals surface area contributed by atoms with Gasteiger partial charge in [-0.25, -0.2) is 0 Å². The SMILES string of the molecule is Cl.O=C(N[C@@H]1CCCNC1)C1Cc2ccccc2S1. The topological polar surface area (TPSA) is 41.1 Å². The van der Waals surface area contributed by atoms with E-state index in [2.05, 4.69) is 22.8 Å². The van der Waals surface area contributed by atoms with Crippen molar-refractivity contribution in [3.63, 3.8) is 0 Å². The van der Waals surface area contributed by atoms with E-state index in [-0.39, 0.29) is 23.6 Å². The second-order valence-electron chi connectivity index (χ2n) is 4.97. The molecule has 0 aliphatic carbocycles. The van der Waals surface area contributed by atoms with Crippen LogP contribution in [0.15, 0.2) is 29.2 Å². The fourth-order valence-corrected chi connectivity index (χ4v) is 3.80. The number of carbonyl (C=O) groups is 1. The Morgan fingerprint density at radius 3 is 2.95 bits per heavy atom. The van der Waals surface area contributed by atoms with Crippen molar-refractivity contribution < 1.29 is 4.79 Å². The van der Waals surface area contributed by atoms with Crippen LogP contribution in [-0.4, -0.2) is 30.3 Å². The molecule has 0 aromatic heterocycles. The Morgan fingerprint density at radius 1 is 1.37 bits per heavy atom. The largest absolute Gasteiger partial charge is 0.351 e. The van der Waals surface area contributed by atoms with E-state index in [1.165, 1.54) is 10.5 Å². The molecule has 0 radical (unpaired) electrons. The molecule has 3 nitrogen and oxygen atoms in total. The minimum atomic E-state index is 0. The van der Waals surface area contributed by atoms with Crippen molar-refractivity contribution in [2.75, 3.05) is 13.1 Å². The Kier molecular flexibility index (Phi) is 5.13. The Bertz CT molecular complexity index is 424. The Hall–Kier alpha value is -0.710. The minimum Gasteiger partial charge on any atom is -0.351 e. The molecule has 3 rings (SSSR count). The van der Waals surface area contributed by atoms with Crippen molar-refractivity contribution in [2.24, 2.45) is 0 Å². The first-order valence-electron chi connectivity index (χ1n) is 6.58. The van der Waals surface area contributed by atoms with Crippen LogP contribution in [0.4, 0.5) is 0 Å². The summed E-state index contributed by atoms with van der Waals surface area (Å²) >= 11 is 1.70. The quantitative estimate of drug-likeness (QED) is 0.877. The zero-order valence-electron chi connectivity index (χ0n) is 10.7. The summed E-state index contributed by atoms with van der Waals surface area (Å²) in [5, 5.41) is 6.56. The highest BCUT2D eigenvalue weighted by atomic mass is 35.5. The molecule has 1 aromatic rings. The van der Waals surface area contributed by atoms with E-state index in [0.717, 1.165) is 32.4 Å². The van der Waals surface area contributed by atoms with Gasteiger partial charge in [-0.2, -0.15) is 0 Å². The fraction of sp³-hybridized carbons (Fsp3) is 0.500. The first-order chi connectivity index (χ1) is 8.83. The van der Waals surface area contributed by atoms with Crippen LogP contribution in [0.1, 0.15) is 18.4 Å². The minimum absolute atomic E-state index is 0. The van der Waals surface area contributed by atoms with E-state index in [1.807, 2.05) is 12.1 Å². The average Bonchev–Trinajstić information content (AvgIpc) is 2.84. The molecule has 2 atom stereocenters. The summed E-state index contributed by atoms with van der Waals surface area (Å²) in [6.07, 6.45) is 3.12. The van der Waals surface area contributed by atoms with Gasteiger partial charge in [0.05, 0.1) is 5.25 Å². The van der Waals surface area contributed by atoms with E-state index in [4.69, 9.17) is 0 Å². The van der Waals surface area contributed by atoms with Gasteiger partial charge in [0.15, 0.2) is 0 Å². The molecule has 0 bridgehead atoms. The van der Waals surface area contributed by atoms with E-state index in [1.54, 1.807) is 11.8 Å². The first-order valence-corrected chi connectivity index (χ1v) is 7.46. The molecule has 1 unspecified atom stereocenters. The lowest BCUT2D eigenvalue weighted by molar-refractivity contribution is -0.121. The number of halogens is 1. The van der Waals surface area contributed by atoms with E-state index in [0.29, 0.717) is 6.04 Å². The summed E-state index contributed by atoms with van der Waals surface area (Å²) in [5.41, 5.74) is 1.31. The molecule has 2 N–H and O–H groups in total. The van der Waals surface area contributed by atoms with Crippen molar-refractivity contribution in [1.82, 2.24) is 10.6 Å². The molecular formula is C14H19ClN2OS. The molecule has 0 saturated carbocycles. The molecular weight excluding hydrogens is 280 g/mol. The van der Waals surface area contributed by atoms with Crippen molar-refractivity contribution in [3.05, 3.63) is 29.8 Å². The van der Waals surface area contributed by atoms with Gasteiger partial charge in [0, 0.05) is 17.5 Å². The van der Waals surface area contributed by atoms with Crippen LogP contribution >= 0.6 is 24.2 Å². The van der Waals surface area contributed by atoms with Crippen LogP contribution < -0.4 is 10.6 Å². The van der Waals surface area contributed by atoms with Crippen LogP contribution in [0, 0.1) is 0 Å². The van der Waals surface area contributed by atoms with Crippen LogP contribution in [-0.2, 0) is 11.2 Å². The maximum Gasteiger partial charge on any atom is 0.234 e. The fourth-order valence-electron chi connectivity index (χ4n) is 2.60. The third-order valence-electron chi connectivity index (χ3n) is 3.58. The van der Waals surface area contributed by atoms with Gasteiger partial charge >= 0.3 is 0 Å². The van der Waals surface area contributed by atoms with Crippen LogP contribution in [0.2, 0.25) is 0 Å². The predicted molar refractivity (Wildman–Crippen MR) is 81.1 cm³/mol. The third kappa shape index (κ3) is 3.44. The van der Waals surface area contributed by atoms with Crippen LogP contribution in [0.3, 0.4) is 0 Å². The Balaban J connectivity index is 0.00000133. The summed E-state index contributed by atoms with van der Waals surface area (Å²) in [7, 11) is 0. The molecule has 1 fully saturated rings. The molecule has 19 heavy (non-hydrogen) atoms. The number of piperidine rings is 1. The second-order valence-corrected chi connectivity index (χ2v) is 6.21. The van der Waals surface area contributed by atoms with Crippen LogP contribution in [0.25, 0.3) is 0 Å². The Morgan fingerprint density at radius 2 is 2.21 bits per heavy atom. The number of amides is 1. The Labute approximate surface area is 124 Å². The summed E-state index contributed by atoms with van der Waals surface area (Å²) in [6.45, 7) is 1.99. The van der Waals surface area contributed by atoms with Gasteiger partial charge in [0.2, 0.25) is 5.91 Å². The number of fused-ring (bicyclic) bond motifs is 1. The maximum absolute atomic E-state index is 12.2. The van der Waals surface area contributed by atoms with Crippen molar-refractivity contribution in [2.45, 2.75) is 35.4 Å². The van der Waals surface area contributed by atoms with Gasteiger partial charge in [-0.15, -0.1) is 24.2 Å². The van der Waals surface area contributed by atoms with E-state index in [9.17, 15) is 4.79 Å². The van der Waals surface area contributed by atoms with Gasteiger partial charge in [-0.05, 0) is 37.4 Å². The maximum atomic E-state index is 12.2. The predicted octanol–water partition coefficient (Wildman–Crippen LogP) is 1.99. The normalized spacial score (nSPS) is 25.3. The second kappa shape index (κ2) is 6.64. The number of hydrogen-bond donors (Lipinski definition) is 2. The lowest BCUT2D eigenvalue weighted by Gasteiger charge is -2.24. The van der Waals surface area contributed by atoms with E-state index >= 15 is 0 Å². The number of nitrogens with one attached hydrogen (secondary N) is 2. The smallest absolute Gasteiger partial charge is 0.234 e. The third-order valence-corrected chi connectivity index (χ3v) is 4.90. The summed E-state index contributed by atoms with van der Waals surface area (Å²) in [4.78, 5) is 13.5. The molecule has 2 aliphatic rings. The number of rotatable bonds is 2.